The Bertz CT molecular complexity index is 978. The van der Waals surface area contributed by atoms with Crippen LogP contribution in [0.4, 0.5) is 0 Å². The van der Waals surface area contributed by atoms with Crippen LogP contribution in [0.15, 0.2) is 0 Å². The van der Waals surface area contributed by atoms with E-state index in [2.05, 4.69) is 26.6 Å². The lowest BCUT2D eigenvalue weighted by molar-refractivity contribution is -0.127. The van der Waals surface area contributed by atoms with Crippen LogP contribution in [0.2, 0.25) is 0 Å². The molecule has 0 rings (SSSR count). The van der Waals surface area contributed by atoms with E-state index in [-0.39, 0.29) is 61.2 Å². The lowest BCUT2D eigenvalue weighted by atomic mass is 10.0. The van der Waals surface area contributed by atoms with Crippen LogP contribution in [0.3, 0.4) is 0 Å². The molecular weight excluding hydrogens is 712 g/mol. The van der Waals surface area contributed by atoms with Crippen molar-refractivity contribution in [2.75, 3.05) is 126 Å². The molecule has 54 heavy (non-hydrogen) atoms. The van der Waals surface area contributed by atoms with Gasteiger partial charge in [0.05, 0.1) is 59.5 Å². The molecule has 1 atom stereocenters. The summed E-state index contributed by atoms with van der Waals surface area (Å²) in [6, 6.07) is 0. The third-order valence-corrected chi connectivity index (χ3v) is 6.89. The molecule has 0 aromatic carbocycles. The summed E-state index contributed by atoms with van der Waals surface area (Å²) in [6.07, 6.45) is 4.47. The topological polar surface area (TPSA) is 253 Å². The number of nitrogens with one attached hydrogen (secondary N) is 5. The standard InChI is InChI=1S/C20H39N3O7.C15H29N3O6/c1-3-9-27-11-13-29-16-19(25)23-8-10-28-12-14-30-15-18(24)22-7-5-4-6-17(2)20(21)26;1-16-13(19)4-3-5-14(20)17-7-9-23-10-11-24-12-15(21)18-6-8-22-2/h17H,3-16H2,1-2H3,(H2,21,26)(H,22,24)(H,23,25);3-12H2,1-2H3,(H,16,19)(H,17,20)(H,18,21)/t17-;/m0./s1. The minimum atomic E-state index is -0.297. The molecule has 0 fully saturated rings. The number of carbonyl (C=O) groups is 6. The maximum atomic E-state index is 11.6. The van der Waals surface area contributed by atoms with E-state index in [1.54, 1.807) is 21.1 Å². The summed E-state index contributed by atoms with van der Waals surface area (Å²) in [7, 11) is 3.13. The van der Waals surface area contributed by atoms with Gasteiger partial charge in [0.1, 0.15) is 19.8 Å². The monoisotopic (exact) mass is 780 g/mol. The molecule has 0 aliphatic heterocycles. The van der Waals surface area contributed by atoms with Crippen molar-refractivity contribution in [1.82, 2.24) is 26.6 Å². The van der Waals surface area contributed by atoms with Gasteiger partial charge in [-0.3, -0.25) is 28.8 Å². The van der Waals surface area contributed by atoms with Gasteiger partial charge in [0.15, 0.2) is 0 Å². The van der Waals surface area contributed by atoms with Gasteiger partial charge < -0.3 is 65.5 Å². The SMILES string of the molecule is CCCOCCOCC(=O)NCCOCCOCC(=O)NCCCC[C@H](C)C(N)=O.CNC(=O)CCCC(=O)NCCOCCOCC(=O)NCCOC. The highest BCUT2D eigenvalue weighted by Gasteiger charge is 2.08. The smallest absolute Gasteiger partial charge is 0.246 e. The molecule has 0 saturated heterocycles. The van der Waals surface area contributed by atoms with Crippen molar-refractivity contribution in [3.8, 4) is 0 Å². The Morgan fingerprint density at radius 1 is 0.519 bits per heavy atom. The molecule has 0 unspecified atom stereocenters. The Morgan fingerprint density at radius 3 is 1.41 bits per heavy atom. The van der Waals surface area contributed by atoms with E-state index in [4.69, 9.17) is 38.9 Å². The van der Waals surface area contributed by atoms with Crippen LogP contribution in [-0.2, 0) is 61.9 Å². The van der Waals surface area contributed by atoms with E-state index in [0.717, 1.165) is 25.7 Å². The molecule has 0 aliphatic carbocycles. The van der Waals surface area contributed by atoms with Crippen LogP contribution < -0.4 is 32.3 Å². The first-order valence-electron chi connectivity index (χ1n) is 18.6. The number of hydrogen-bond donors (Lipinski definition) is 6. The van der Waals surface area contributed by atoms with Crippen molar-refractivity contribution in [3.05, 3.63) is 0 Å². The first kappa shape index (κ1) is 52.6. The summed E-state index contributed by atoms with van der Waals surface area (Å²) in [5.41, 5.74) is 5.19. The average Bonchev–Trinajstić information content (AvgIpc) is 3.15. The van der Waals surface area contributed by atoms with Crippen molar-refractivity contribution >= 4 is 35.4 Å². The highest BCUT2D eigenvalue weighted by atomic mass is 16.5. The number of rotatable bonds is 36. The van der Waals surface area contributed by atoms with Gasteiger partial charge in [-0.2, -0.15) is 0 Å². The fourth-order valence-corrected chi connectivity index (χ4v) is 3.84. The van der Waals surface area contributed by atoms with Gasteiger partial charge in [0, 0.05) is 65.7 Å². The van der Waals surface area contributed by atoms with Crippen molar-refractivity contribution < 1.29 is 61.9 Å². The lowest BCUT2D eigenvalue weighted by Gasteiger charge is -2.09. The zero-order valence-electron chi connectivity index (χ0n) is 32.9. The summed E-state index contributed by atoms with van der Waals surface area (Å²) < 4.78 is 36.2. The number of primary amides is 1. The summed E-state index contributed by atoms with van der Waals surface area (Å²) in [5.74, 6) is -1.20. The quantitative estimate of drug-likeness (QED) is 0.0410. The predicted molar refractivity (Wildman–Crippen MR) is 199 cm³/mol. The van der Waals surface area contributed by atoms with Crippen molar-refractivity contribution in [2.45, 2.75) is 58.8 Å². The zero-order chi connectivity index (χ0) is 40.5. The molecule has 0 bridgehead atoms. The van der Waals surface area contributed by atoms with Crippen molar-refractivity contribution in [3.63, 3.8) is 0 Å². The molecule has 316 valence electrons. The number of amides is 6. The van der Waals surface area contributed by atoms with E-state index in [1.165, 1.54) is 0 Å². The molecular formula is C35H68N6O13. The predicted octanol–water partition coefficient (Wildman–Crippen LogP) is -1.20. The van der Waals surface area contributed by atoms with Crippen LogP contribution >= 0.6 is 0 Å². The number of ether oxygens (including phenoxy) is 7. The molecule has 0 heterocycles. The zero-order valence-corrected chi connectivity index (χ0v) is 32.9. The van der Waals surface area contributed by atoms with Crippen LogP contribution in [0.1, 0.15) is 58.8 Å². The van der Waals surface area contributed by atoms with Gasteiger partial charge in [-0.25, -0.2) is 0 Å². The second-order valence-corrected chi connectivity index (χ2v) is 11.7. The van der Waals surface area contributed by atoms with Crippen LogP contribution in [0, 0.1) is 5.92 Å². The molecule has 0 radical (unpaired) electrons. The number of methoxy groups -OCH3 is 1. The second-order valence-electron chi connectivity index (χ2n) is 11.7. The maximum Gasteiger partial charge on any atom is 0.246 e. The fourth-order valence-electron chi connectivity index (χ4n) is 3.84. The minimum Gasteiger partial charge on any atom is -0.383 e. The van der Waals surface area contributed by atoms with Gasteiger partial charge >= 0.3 is 0 Å². The van der Waals surface area contributed by atoms with Crippen LogP contribution in [-0.4, -0.2) is 162 Å². The van der Waals surface area contributed by atoms with Gasteiger partial charge in [0.25, 0.3) is 0 Å². The van der Waals surface area contributed by atoms with E-state index >= 15 is 0 Å². The molecule has 6 amide bonds. The Hall–Kier alpha value is -3.46. The number of carbonyl (C=O) groups excluding carboxylic acids is 6. The summed E-state index contributed by atoms with van der Waals surface area (Å²) in [5, 5.41) is 13.3. The van der Waals surface area contributed by atoms with Gasteiger partial charge in [-0.1, -0.05) is 20.3 Å². The third kappa shape index (κ3) is 41.3. The van der Waals surface area contributed by atoms with Gasteiger partial charge in [-0.05, 0) is 25.7 Å². The fraction of sp³-hybridized carbons (Fsp3) is 0.829. The lowest BCUT2D eigenvalue weighted by Crippen LogP contribution is -2.31. The molecule has 0 aromatic rings. The number of hydrogen-bond acceptors (Lipinski definition) is 13. The highest BCUT2D eigenvalue weighted by Crippen LogP contribution is 2.06. The molecule has 19 heteroatoms. The molecule has 0 saturated carbocycles. The molecule has 0 spiro atoms. The van der Waals surface area contributed by atoms with Crippen molar-refractivity contribution in [1.29, 1.82) is 0 Å². The Kier molecular flexibility index (Phi) is 39.7. The molecule has 7 N–H and O–H groups in total. The maximum absolute atomic E-state index is 11.6. The molecule has 0 aromatic heterocycles. The highest BCUT2D eigenvalue weighted by molar-refractivity contribution is 5.79. The first-order valence-corrected chi connectivity index (χ1v) is 18.6. The van der Waals surface area contributed by atoms with E-state index in [9.17, 15) is 28.8 Å². The molecule has 0 aliphatic rings. The summed E-state index contributed by atoms with van der Waals surface area (Å²) >= 11 is 0. The average molecular weight is 781 g/mol. The summed E-state index contributed by atoms with van der Waals surface area (Å²) in [4.78, 5) is 67.7. The van der Waals surface area contributed by atoms with Crippen molar-refractivity contribution in [2.24, 2.45) is 11.7 Å². The van der Waals surface area contributed by atoms with Gasteiger partial charge in [-0.15, -0.1) is 0 Å². The normalized spacial score (nSPS) is 11.1. The third-order valence-electron chi connectivity index (χ3n) is 6.89. The largest absolute Gasteiger partial charge is 0.383 e. The van der Waals surface area contributed by atoms with Gasteiger partial charge in [0.2, 0.25) is 35.4 Å². The second kappa shape index (κ2) is 40.7. The number of nitrogens with two attached hydrogens (primary N) is 1. The van der Waals surface area contributed by atoms with E-state index in [0.29, 0.717) is 112 Å². The first-order chi connectivity index (χ1) is 26.1. The van der Waals surface area contributed by atoms with Crippen LogP contribution in [0.5, 0.6) is 0 Å². The Morgan fingerprint density at radius 2 is 0.944 bits per heavy atom. The Labute approximate surface area is 320 Å². The minimum absolute atomic E-state index is 0.00211. The van der Waals surface area contributed by atoms with E-state index in [1.807, 2.05) is 6.92 Å². The molecule has 19 nitrogen and oxygen atoms in total. The van der Waals surface area contributed by atoms with Crippen LogP contribution in [0.25, 0.3) is 0 Å². The number of unbranched alkanes of at least 4 members (excludes halogenated alkanes) is 1. The summed E-state index contributed by atoms with van der Waals surface area (Å²) in [6.45, 7) is 9.57. The Balaban J connectivity index is 0. The van der Waals surface area contributed by atoms with E-state index < -0.39 is 0 Å².